The Morgan fingerprint density at radius 1 is 1.35 bits per heavy atom. The number of aryl methyl sites for hydroxylation is 1. The lowest BCUT2D eigenvalue weighted by molar-refractivity contribution is -0.117. The number of benzene rings is 1. The van der Waals surface area contributed by atoms with E-state index in [-0.39, 0.29) is 12.0 Å². The number of nitrogens with one attached hydrogen (secondary N) is 1. The molecule has 0 unspecified atom stereocenters. The largest absolute Gasteiger partial charge is 0.393 e. The van der Waals surface area contributed by atoms with E-state index in [0.717, 1.165) is 31.5 Å². The number of carbonyl (C=O) groups excluding carboxylic acids is 1. The molecule has 1 aliphatic rings. The first kappa shape index (κ1) is 15.0. The number of hydrogen-bond donors (Lipinski definition) is 2. The molecule has 2 rings (SSSR count). The molecule has 1 amide bonds. The van der Waals surface area contributed by atoms with Gasteiger partial charge in [-0.15, -0.1) is 0 Å². The van der Waals surface area contributed by atoms with Gasteiger partial charge in [-0.05, 0) is 49.9 Å². The Hall–Kier alpha value is -1.39. The SMILES string of the molecule is CCc1ccc(NC(=O)CN(C)CC2CC(O)C2)cc1. The van der Waals surface area contributed by atoms with Crippen molar-refractivity contribution in [3.05, 3.63) is 29.8 Å². The molecule has 0 bridgehead atoms. The minimum absolute atomic E-state index is 0.0108. The Bertz CT molecular complexity index is 438. The van der Waals surface area contributed by atoms with Gasteiger partial charge >= 0.3 is 0 Å². The second-order valence-corrected chi connectivity index (χ2v) is 5.79. The molecule has 2 N–H and O–H groups in total. The average Bonchev–Trinajstić information content (AvgIpc) is 2.37. The fraction of sp³-hybridized carbons (Fsp3) is 0.562. The van der Waals surface area contributed by atoms with E-state index in [1.807, 2.05) is 36.2 Å². The predicted octanol–water partition coefficient (Wildman–Crippen LogP) is 1.89. The summed E-state index contributed by atoms with van der Waals surface area (Å²) in [6, 6.07) is 7.96. The lowest BCUT2D eigenvalue weighted by Gasteiger charge is -2.34. The van der Waals surface area contributed by atoms with Crippen LogP contribution >= 0.6 is 0 Å². The maximum absolute atomic E-state index is 11.9. The van der Waals surface area contributed by atoms with E-state index in [1.165, 1.54) is 5.56 Å². The zero-order valence-corrected chi connectivity index (χ0v) is 12.3. The smallest absolute Gasteiger partial charge is 0.238 e. The van der Waals surface area contributed by atoms with Crippen LogP contribution in [0.2, 0.25) is 0 Å². The van der Waals surface area contributed by atoms with Gasteiger partial charge in [0.25, 0.3) is 0 Å². The van der Waals surface area contributed by atoms with Gasteiger partial charge in [-0.3, -0.25) is 9.69 Å². The zero-order chi connectivity index (χ0) is 14.5. The standard InChI is InChI=1S/C16H24N2O2/c1-3-12-4-6-14(7-5-12)17-16(20)11-18(2)10-13-8-15(19)9-13/h4-7,13,15,19H,3,8-11H2,1-2H3,(H,17,20). The Kier molecular flexibility index (Phi) is 5.15. The summed E-state index contributed by atoms with van der Waals surface area (Å²) < 4.78 is 0. The third kappa shape index (κ3) is 4.32. The summed E-state index contributed by atoms with van der Waals surface area (Å²) in [6.45, 7) is 3.38. The number of aliphatic hydroxyl groups excluding tert-OH is 1. The zero-order valence-electron chi connectivity index (χ0n) is 12.3. The molecular formula is C16H24N2O2. The van der Waals surface area contributed by atoms with Crippen LogP contribution in [0.1, 0.15) is 25.3 Å². The van der Waals surface area contributed by atoms with Crippen molar-refractivity contribution in [2.24, 2.45) is 5.92 Å². The molecule has 0 aromatic heterocycles. The van der Waals surface area contributed by atoms with Crippen molar-refractivity contribution in [1.82, 2.24) is 4.90 Å². The molecule has 4 heteroatoms. The van der Waals surface area contributed by atoms with Crippen LogP contribution in [0.4, 0.5) is 5.69 Å². The van der Waals surface area contributed by atoms with Gasteiger partial charge in [-0.2, -0.15) is 0 Å². The quantitative estimate of drug-likeness (QED) is 0.834. The normalized spacial score (nSPS) is 21.6. The van der Waals surface area contributed by atoms with Crippen molar-refractivity contribution in [2.75, 3.05) is 25.5 Å². The van der Waals surface area contributed by atoms with Crippen LogP contribution in [0, 0.1) is 5.92 Å². The number of nitrogens with zero attached hydrogens (tertiary/aromatic N) is 1. The maximum Gasteiger partial charge on any atom is 0.238 e. The molecule has 1 fully saturated rings. The van der Waals surface area contributed by atoms with Crippen LogP contribution in [-0.2, 0) is 11.2 Å². The number of likely N-dealkylation sites (N-methyl/N-ethyl adjacent to an activating group) is 1. The molecular weight excluding hydrogens is 252 g/mol. The fourth-order valence-electron chi connectivity index (χ4n) is 2.62. The van der Waals surface area contributed by atoms with Gasteiger partial charge in [-0.1, -0.05) is 19.1 Å². The Balaban J connectivity index is 1.73. The van der Waals surface area contributed by atoms with Crippen molar-refractivity contribution in [1.29, 1.82) is 0 Å². The molecule has 1 aromatic carbocycles. The molecule has 0 heterocycles. The molecule has 0 aliphatic heterocycles. The summed E-state index contributed by atoms with van der Waals surface area (Å²) >= 11 is 0. The first-order valence-electron chi connectivity index (χ1n) is 7.32. The highest BCUT2D eigenvalue weighted by molar-refractivity contribution is 5.92. The Morgan fingerprint density at radius 3 is 2.55 bits per heavy atom. The van der Waals surface area contributed by atoms with E-state index in [0.29, 0.717) is 12.5 Å². The minimum Gasteiger partial charge on any atom is -0.393 e. The average molecular weight is 276 g/mol. The summed E-state index contributed by atoms with van der Waals surface area (Å²) in [7, 11) is 1.95. The summed E-state index contributed by atoms with van der Waals surface area (Å²) in [5, 5.41) is 12.2. The minimum atomic E-state index is -0.126. The van der Waals surface area contributed by atoms with Gasteiger partial charge in [0.05, 0.1) is 12.6 Å². The molecule has 1 aromatic rings. The van der Waals surface area contributed by atoms with Crippen LogP contribution in [0.5, 0.6) is 0 Å². The monoisotopic (exact) mass is 276 g/mol. The molecule has 110 valence electrons. The lowest BCUT2D eigenvalue weighted by atomic mass is 9.82. The second kappa shape index (κ2) is 6.86. The first-order valence-corrected chi connectivity index (χ1v) is 7.32. The number of anilines is 1. The van der Waals surface area contributed by atoms with E-state index in [2.05, 4.69) is 12.2 Å². The molecule has 0 saturated heterocycles. The van der Waals surface area contributed by atoms with Crippen LogP contribution in [0.15, 0.2) is 24.3 Å². The van der Waals surface area contributed by atoms with E-state index >= 15 is 0 Å². The molecule has 4 nitrogen and oxygen atoms in total. The highest BCUT2D eigenvalue weighted by atomic mass is 16.3. The molecule has 0 radical (unpaired) electrons. The summed E-state index contributed by atoms with van der Waals surface area (Å²) in [5.74, 6) is 0.545. The van der Waals surface area contributed by atoms with Crippen LogP contribution in [-0.4, -0.2) is 42.2 Å². The lowest BCUT2D eigenvalue weighted by Crippen LogP contribution is -2.39. The van der Waals surface area contributed by atoms with Crippen molar-refractivity contribution in [3.8, 4) is 0 Å². The topological polar surface area (TPSA) is 52.6 Å². The van der Waals surface area contributed by atoms with Gasteiger partial charge < -0.3 is 10.4 Å². The number of rotatable bonds is 6. The summed E-state index contributed by atoms with van der Waals surface area (Å²) in [5.41, 5.74) is 2.11. The molecule has 0 spiro atoms. The molecule has 1 aliphatic carbocycles. The van der Waals surface area contributed by atoms with Gasteiger partial charge in [0.15, 0.2) is 0 Å². The Labute approximate surface area is 120 Å². The van der Waals surface area contributed by atoms with Crippen LogP contribution in [0.3, 0.4) is 0 Å². The molecule has 20 heavy (non-hydrogen) atoms. The maximum atomic E-state index is 11.9. The van der Waals surface area contributed by atoms with E-state index < -0.39 is 0 Å². The van der Waals surface area contributed by atoms with Crippen molar-refractivity contribution in [3.63, 3.8) is 0 Å². The van der Waals surface area contributed by atoms with E-state index in [1.54, 1.807) is 0 Å². The number of aliphatic hydroxyl groups is 1. The molecule has 0 atom stereocenters. The molecule has 1 saturated carbocycles. The van der Waals surface area contributed by atoms with E-state index in [4.69, 9.17) is 0 Å². The number of hydrogen-bond acceptors (Lipinski definition) is 3. The third-order valence-electron chi connectivity index (χ3n) is 3.84. The Morgan fingerprint density at radius 2 is 2.00 bits per heavy atom. The second-order valence-electron chi connectivity index (χ2n) is 5.79. The van der Waals surface area contributed by atoms with Crippen molar-refractivity contribution < 1.29 is 9.90 Å². The van der Waals surface area contributed by atoms with Gasteiger partial charge in [0.1, 0.15) is 0 Å². The first-order chi connectivity index (χ1) is 9.56. The van der Waals surface area contributed by atoms with Crippen LogP contribution in [0.25, 0.3) is 0 Å². The van der Waals surface area contributed by atoms with E-state index in [9.17, 15) is 9.90 Å². The highest BCUT2D eigenvalue weighted by Crippen LogP contribution is 2.27. The van der Waals surface area contributed by atoms with Crippen molar-refractivity contribution in [2.45, 2.75) is 32.3 Å². The summed E-state index contributed by atoms with van der Waals surface area (Å²) in [4.78, 5) is 13.9. The third-order valence-corrected chi connectivity index (χ3v) is 3.84. The summed E-state index contributed by atoms with van der Waals surface area (Å²) in [6.07, 6.45) is 2.61. The highest BCUT2D eigenvalue weighted by Gasteiger charge is 2.28. The van der Waals surface area contributed by atoms with Crippen molar-refractivity contribution >= 4 is 11.6 Å². The van der Waals surface area contributed by atoms with Gasteiger partial charge in [-0.25, -0.2) is 0 Å². The van der Waals surface area contributed by atoms with Crippen LogP contribution < -0.4 is 5.32 Å². The van der Waals surface area contributed by atoms with Gasteiger partial charge in [0.2, 0.25) is 5.91 Å². The number of carbonyl (C=O) groups is 1. The fourth-order valence-corrected chi connectivity index (χ4v) is 2.62. The number of amides is 1. The predicted molar refractivity (Wildman–Crippen MR) is 80.7 cm³/mol. The van der Waals surface area contributed by atoms with Gasteiger partial charge in [0, 0.05) is 12.2 Å².